The molecule has 0 saturated heterocycles. The Morgan fingerprint density at radius 3 is 2.82 bits per heavy atom. The van der Waals surface area contributed by atoms with Crippen LogP contribution in [0.4, 0.5) is 5.69 Å². The fourth-order valence-corrected chi connectivity index (χ4v) is 2.30. The average molecular weight is 276 g/mol. The number of carbonyl (C=O) groups is 1. The number of hydrogen-bond donors (Lipinski definition) is 1. The summed E-state index contributed by atoms with van der Waals surface area (Å²) in [5.74, 6) is 0.253. The number of carbonyl (C=O) groups excluding carboxylic acids is 1. The molecule has 1 aromatic rings. The van der Waals surface area contributed by atoms with Crippen LogP contribution in [0.2, 0.25) is 0 Å². The second-order valence-electron chi connectivity index (χ2n) is 3.71. The fraction of sp³-hybridized carbons (Fsp3) is 0.300. The lowest BCUT2D eigenvalue weighted by molar-refractivity contribution is -0.118. The first kappa shape index (κ1) is 12.2. The molecule has 0 aliphatic carbocycles. The van der Waals surface area contributed by atoms with E-state index in [9.17, 15) is 13.2 Å². The zero-order valence-corrected chi connectivity index (χ0v) is 10.5. The van der Waals surface area contributed by atoms with E-state index >= 15 is 0 Å². The summed E-state index contributed by atoms with van der Waals surface area (Å²) in [4.78, 5) is 11.1. The fourth-order valence-electron chi connectivity index (χ4n) is 1.52. The van der Waals surface area contributed by atoms with Gasteiger partial charge in [0, 0.05) is 10.7 Å². The summed E-state index contributed by atoms with van der Waals surface area (Å²) in [7, 11) is 1.61. The van der Waals surface area contributed by atoms with E-state index in [-0.39, 0.29) is 12.5 Å². The minimum atomic E-state index is -3.68. The number of rotatable bonds is 2. The standard InChI is InChI=1S/C10H10ClNO4S/c1-6(17(11,14)15)7-2-3-9-8(4-7)12-10(13)5-16-9/h2-4,6H,5H2,1H3,(H,12,13). The predicted octanol–water partition coefficient (Wildman–Crippen LogP) is 1.65. The van der Waals surface area contributed by atoms with E-state index in [0.717, 1.165) is 0 Å². The summed E-state index contributed by atoms with van der Waals surface area (Å²) in [5, 5.41) is 1.77. The maximum atomic E-state index is 11.2. The Morgan fingerprint density at radius 2 is 2.18 bits per heavy atom. The smallest absolute Gasteiger partial charge is 0.262 e. The Hall–Kier alpha value is -1.27. The monoisotopic (exact) mass is 275 g/mol. The number of halogens is 1. The highest BCUT2D eigenvalue weighted by Gasteiger charge is 2.23. The lowest BCUT2D eigenvalue weighted by Gasteiger charge is -2.19. The van der Waals surface area contributed by atoms with Crippen LogP contribution in [0.5, 0.6) is 5.75 Å². The van der Waals surface area contributed by atoms with Crippen molar-refractivity contribution in [3.8, 4) is 5.75 Å². The van der Waals surface area contributed by atoms with Crippen molar-refractivity contribution in [3.05, 3.63) is 23.8 Å². The molecule has 0 spiro atoms. The third-order valence-corrected chi connectivity index (χ3v) is 4.45. The Balaban J connectivity index is 2.40. The van der Waals surface area contributed by atoms with Crippen LogP contribution in [-0.4, -0.2) is 20.9 Å². The minimum Gasteiger partial charge on any atom is -0.482 e. The molecule has 92 valence electrons. The average Bonchev–Trinajstić information content (AvgIpc) is 2.25. The normalized spacial score (nSPS) is 16.7. The first-order chi connectivity index (χ1) is 7.88. The number of amides is 1. The van der Waals surface area contributed by atoms with Crippen molar-refractivity contribution < 1.29 is 17.9 Å². The molecule has 0 saturated carbocycles. The van der Waals surface area contributed by atoms with E-state index < -0.39 is 14.3 Å². The Kier molecular flexibility index (Phi) is 3.01. The highest BCUT2D eigenvalue weighted by molar-refractivity contribution is 8.13. The van der Waals surface area contributed by atoms with Gasteiger partial charge >= 0.3 is 0 Å². The van der Waals surface area contributed by atoms with Crippen molar-refractivity contribution >= 4 is 31.3 Å². The van der Waals surface area contributed by atoms with Gasteiger partial charge in [-0.25, -0.2) is 8.42 Å². The molecular formula is C10H10ClNO4S. The number of anilines is 1. The summed E-state index contributed by atoms with van der Waals surface area (Å²) < 4.78 is 27.6. The van der Waals surface area contributed by atoms with E-state index in [1.54, 1.807) is 18.2 Å². The van der Waals surface area contributed by atoms with Gasteiger partial charge in [-0.3, -0.25) is 4.79 Å². The van der Waals surface area contributed by atoms with Crippen LogP contribution < -0.4 is 10.1 Å². The predicted molar refractivity (Wildman–Crippen MR) is 63.8 cm³/mol. The van der Waals surface area contributed by atoms with Gasteiger partial charge in [-0.15, -0.1) is 0 Å². The van der Waals surface area contributed by atoms with Crippen molar-refractivity contribution in [1.29, 1.82) is 0 Å². The molecule has 0 fully saturated rings. The highest BCUT2D eigenvalue weighted by atomic mass is 35.7. The number of ether oxygens (including phenoxy) is 1. The van der Waals surface area contributed by atoms with Crippen LogP contribution >= 0.6 is 10.7 Å². The molecule has 0 radical (unpaired) electrons. The van der Waals surface area contributed by atoms with Gasteiger partial charge in [-0.2, -0.15) is 0 Å². The molecule has 0 bridgehead atoms. The molecule has 1 heterocycles. The SMILES string of the molecule is CC(c1ccc2c(c1)NC(=O)CO2)S(=O)(=O)Cl. The van der Waals surface area contributed by atoms with E-state index in [0.29, 0.717) is 17.0 Å². The molecule has 2 rings (SSSR count). The van der Waals surface area contributed by atoms with Gasteiger partial charge < -0.3 is 10.1 Å². The molecule has 0 aromatic heterocycles. The number of fused-ring (bicyclic) bond motifs is 1. The van der Waals surface area contributed by atoms with Gasteiger partial charge in [0.2, 0.25) is 9.05 Å². The minimum absolute atomic E-state index is 0.0320. The van der Waals surface area contributed by atoms with Gasteiger partial charge in [-0.1, -0.05) is 6.07 Å². The second-order valence-corrected chi connectivity index (χ2v) is 6.66. The number of nitrogens with one attached hydrogen (secondary N) is 1. The van der Waals surface area contributed by atoms with Crippen molar-refractivity contribution in [1.82, 2.24) is 0 Å². The van der Waals surface area contributed by atoms with Crippen LogP contribution in [0.3, 0.4) is 0 Å². The molecule has 5 nitrogen and oxygen atoms in total. The third-order valence-electron chi connectivity index (χ3n) is 2.53. The molecule has 1 unspecified atom stereocenters. The Bertz CT molecular complexity index is 570. The quantitative estimate of drug-likeness (QED) is 0.833. The first-order valence-electron chi connectivity index (χ1n) is 4.88. The molecular weight excluding hydrogens is 266 g/mol. The van der Waals surface area contributed by atoms with E-state index in [2.05, 4.69) is 5.32 Å². The van der Waals surface area contributed by atoms with Crippen LogP contribution in [-0.2, 0) is 13.8 Å². The number of benzene rings is 1. The Labute approximate surface area is 103 Å². The lowest BCUT2D eigenvalue weighted by atomic mass is 10.1. The van der Waals surface area contributed by atoms with Crippen molar-refractivity contribution in [3.63, 3.8) is 0 Å². The van der Waals surface area contributed by atoms with E-state index in [4.69, 9.17) is 15.4 Å². The highest BCUT2D eigenvalue weighted by Crippen LogP contribution is 2.33. The molecule has 1 amide bonds. The molecule has 17 heavy (non-hydrogen) atoms. The van der Waals surface area contributed by atoms with Crippen molar-refractivity contribution in [2.45, 2.75) is 12.2 Å². The largest absolute Gasteiger partial charge is 0.482 e. The molecule has 1 aliphatic heterocycles. The van der Waals surface area contributed by atoms with Gasteiger partial charge in [-0.05, 0) is 24.6 Å². The molecule has 7 heteroatoms. The van der Waals surface area contributed by atoms with Gasteiger partial charge in [0.1, 0.15) is 5.75 Å². The van der Waals surface area contributed by atoms with Gasteiger partial charge in [0.15, 0.2) is 6.61 Å². The topological polar surface area (TPSA) is 72.5 Å². The van der Waals surface area contributed by atoms with Crippen molar-refractivity contribution in [2.75, 3.05) is 11.9 Å². The van der Waals surface area contributed by atoms with Crippen LogP contribution in [0, 0.1) is 0 Å². The van der Waals surface area contributed by atoms with Gasteiger partial charge in [0.25, 0.3) is 5.91 Å². The molecule has 1 N–H and O–H groups in total. The van der Waals surface area contributed by atoms with E-state index in [1.165, 1.54) is 6.92 Å². The summed E-state index contributed by atoms with van der Waals surface area (Å²) >= 11 is 0. The molecule has 1 atom stereocenters. The van der Waals surface area contributed by atoms with Crippen LogP contribution in [0.15, 0.2) is 18.2 Å². The van der Waals surface area contributed by atoms with Crippen LogP contribution in [0.1, 0.15) is 17.7 Å². The zero-order valence-electron chi connectivity index (χ0n) is 8.94. The Morgan fingerprint density at radius 1 is 1.47 bits per heavy atom. The summed E-state index contributed by atoms with van der Waals surface area (Å²) in [5.41, 5.74) is 0.968. The third kappa shape index (κ3) is 2.53. The van der Waals surface area contributed by atoms with E-state index in [1.807, 2.05) is 0 Å². The van der Waals surface area contributed by atoms with Gasteiger partial charge in [0.05, 0.1) is 10.9 Å². The lowest BCUT2D eigenvalue weighted by Crippen LogP contribution is -2.25. The van der Waals surface area contributed by atoms with Crippen molar-refractivity contribution in [2.24, 2.45) is 0 Å². The second kappa shape index (κ2) is 4.19. The maximum absolute atomic E-state index is 11.2. The molecule has 1 aromatic carbocycles. The summed E-state index contributed by atoms with van der Waals surface area (Å²) in [6, 6.07) is 4.78. The maximum Gasteiger partial charge on any atom is 0.262 e. The number of hydrogen-bond acceptors (Lipinski definition) is 4. The molecule has 1 aliphatic rings. The van der Waals surface area contributed by atoms with Crippen LogP contribution in [0.25, 0.3) is 0 Å². The summed E-state index contributed by atoms with van der Waals surface area (Å²) in [6.07, 6.45) is 0. The first-order valence-corrected chi connectivity index (χ1v) is 7.25. The summed E-state index contributed by atoms with van der Waals surface area (Å²) in [6.45, 7) is 1.45. The zero-order chi connectivity index (χ0) is 12.6.